The summed E-state index contributed by atoms with van der Waals surface area (Å²) >= 11 is 0. The number of halogens is 1. The number of nitrogens with one attached hydrogen (secondary N) is 1. The summed E-state index contributed by atoms with van der Waals surface area (Å²) in [5, 5.41) is 13.0. The summed E-state index contributed by atoms with van der Waals surface area (Å²) in [5.41, 5.74) is 3.46. The lowest BCUT2D eigenvalue weighted by molar-refractivity contribution is 0.502. The van der Waals surface area contributed by atoms with E-state index in [1.165, 1.54) is 10.6 Å². The fourth-order valence-electron chi connectivity index (χ4n) is 3.84. The zero-order valence-corrected chi connectivity index (χ0v) is 15.6. The molecular weight excluding hydrogens is 387 g/mol. The average molecular weight is 402 g/mol. The Morgan fingerprint density at radius 3 is 2.97 bits per heavy atom. The maximum absolute atomic E-state index is 14.3. The lowest BCUT2D eigenvalue weighted by Gasteiger charge is -2.32. The van der Waals surface area contributed by atoms with Gasteiger partial charge in [-0.05, 0) is 30.3 Å². The van der Waals surface area contributed by atoms with E-state index in [1.807, 2.05) is 23.1 Å². The van der Waals surface area contributed by atoms with E-state index >= 15 is 0 Å². The van der Waals surface area contributed by atoms with Gasteiger partial charge in [-0.25, -0.2) is 13.9 Å². The molecular formula is C20H15FN8O. The van der Waals surface area contributed by atoms with Crippen molar-refractivity contribution in [2.24, 2.45) is 0 Å². The number of anilines is 1. The SMILES string of the molecule is Fc1cccn2nc(C3c4nc[nH]c4CCN3c3nnc(-c4ccccn4)o3)cc12. The number of hydrogen-bond acceptors (Lipinski definition) is 7. The number of H-pyrrole nitrogens is 1. The number of nitrogens with zero attached hydrogens (tertiary/aromatic N) is 7. The molecule has 1 atom stereocenters. The van der Waals surface area contributed by atoms with Crippen LogP contribution in [0.5, 0.6) is 0 Å². The smallest absolute Gasteiger partial charge is 0.319 e. The minimum Gasteiger partial charge on any atom is -0.402 e. The molecule has 0 spiro atoms. The normalized spacial score (nSPS) is 16.2. The first-order chi connectivity index (χ1) is 14.8. The Bertz CT molecular complexity index is 1340. The van der Waals surface area contributed by atoms with E-state index in [9.17, 15) is 4.39 Å². The minimum atomic E-state index is -0.392. The van der Waals surface area contributed by atoms with E-state index in [1.54, 1.807) is 30.9 Å². The fourth-order valence-corrected chi connectivity index (χ4v) is 3.84. The standard InChI is InChI=1S/C20H15FN8O/c21-12-4-3-8-29-16(12)10-15(27-29)18-17-13(23-11-24-17)6-9-28(18)20-26-25-19(30-20)14-5-1-2-7-22-14/h1-5,7-8,10-11,18H,6,9H2,(H,23,24). The average Bonchev–Trinajstić information content (AvgIpc) is 3.52. The van der Waals surface area contributed by atoms with Crippen LogP contribution in [0, 0.1) is 5.82 Å². The molecule has 10 heteroatoms. The number of imidazole rings is 1. The van der Waals surface area contributed by atoms with Crippen molar-refractivity contribution in [1.29, 1.82) is 0 Å². The quantitative estimate of drug-likeness (QED) is 0.495. The van der Waals surface area contributed by atoms with Crippen molar-refractivity contribution in [3.8, 4) is 11.6 Å². The molecule has 0 aromatic carbocycles. The highest BCUT2D eigenvalue weighted by Crippen LogP contribution is 2.37. The highest BCUT2D eigenvalue weighted by atomic mass is 19.1. The Balaban J connectivity index is 1.46. The molecule has 1 unspecified atom stereocenters. The van der Waals surface area contributed by atoms with Crippen molar-refractivity contribution in [1.82, 2.24) is 34.8 Å². The number of aromatic amines is 1. The van der Waals surface area contributed by atoms with Gasteiger partial charge in [0.15, 0.2) is 0 Å². The van der Waals surface area contributed by atoms with E-state index in [-0.39, 0.29) is 5.82 Å². The van der Waals surface area contributed by atoms with Crippen LogP contribution in [0.1, 0.15) is 23.1 Å². The minimum absolute atomic E-state index is 0.332. The maximum Gasteiger partial charge on any atom is 0.319 e. The molecule has 0 saturated heterocycles. The Kier molecular flexibility index (Phi) is 3.63. The number of hydrogen-bond donors (Lipinski definition) is 1. The van der Waals surface area contributed by atoms with Gasteiger partial charge in [-0.2, -0.15) is 5.10 Å². The third-order valence-electron chi connectivity index (χ3n) is 5.22. The topological polar surface area (TPSA) is 101 Å². The van der Waals surface area contributed by atoms with Gasteiger partial charge in [-0.15, -0.1) is 5.10 Å². The van der Waals surface area contributed by atoms with Gasteiger partial charge in [-0.3, -0.25) is 4.98 Å². The van der Waals surface area contributed by atoms with Crippen molar-refractivity contribution in [3.63, 3.8) is 0 Å². The van der Waals surface area contributed by atoms with Crippen molar-refractivity contribution < 1.29 is 8.81 Å². The van der Waals surface area contributed by atoms with Gasteiger partial charge >= 0.3 is 6.01 Å². The van der Waals surface area contributed by atoms with Gasteiger partial charge < -0.3 is 14.3 Å². The van der Waals surface area contributed by atoms with Crippen LogP contribution in [0.3, 0.4) is 0 Å². The molecule has 0 aliphatic carbocycles. The zero-order chi connectivity index (χ0) is 20.1. The highest BCUT2D eigenvalue weighted by molar-refractivity contribution is 5.54. The maximum atomic E-state index is 14.3. The van der Waals surface area contributed by atoms with E-state index in [0.717, 1.165) is 17.8 Å². The summed E-state index contributed by atoms with van der Waals surface area (Å²) in [5.74, 6) is -0.00527. The van der Waals surface area contributed by atoms with Gasteiger partial charge in [0.1, 0.15) is 23.1 Å². The molecule has 6 heterocycles. The number of fused-ring (bicyclic) bond motifs is 2. The second kappa shape index (κ2) is 6.48. The Labute approximate surface area is 169 Å². The first-order valence-corrected chi connectivity index (χ1v) is 9.45. The van der Waals surface area contributed by atoms with Crippen LogP contribution in [0.4, 0.5) is 10.4 Å². The van der Waals surface area contributed by atoms with Crippen molar-refractivity contribution in [2.75, 3.05) is 11.4 Å². The molecule has 0 radical (unpaired) electrons. The van der Waals surface area contributed by atoms with E-state index < -0.39 is 6.04 Å². The van der Waals surface area contributed by atoms with Gasteiger partial charge in [0, 0.05) is 31.1 Å². The second-order valence-electron chi connectivity index (χ2n) is 6.97. The molecule has 0 bridgehead atoms. The molecule has 0 saturated carbocycles. The predicted octanol–water partition coefficient (Wildman–Crippen LogP) is 2.79. The Hall–Kier alpha value is -4.08. The van der Waals surface area contributed by atoms with E-state index in [4.69, 9.17) is 4.42 Å². The molecule has 1 aliphatic heterocycles. The summed E-state index contributed by atoms with van der Waals surface area (Å²) in [4.78, 5) is 13.9. The molecule has 0 amide bonds. The molecule has 5 aromatic heterocycles. The van der Waals surface area contributed by atoms with Crippen molar-refractivity contribution >= 4 is 11.5 Å². The summed E-state index contributed by atoms with van der Waals surface area (Å²) in [7, 11) is 0. The van der Waals surface area contributed by atoms with Crippen molar-refractivity contribution in [2.45, 2.75) is 12.5 Å². The van der Waals surface area contributed by atoms with Crippen LogP contribution < -0.4 is 4.90 Å². The number of aromatic nitrogens is 7. The third kappa shape index (κ3) is 2.57. The molecule has 1 aliphatic rings. The third-order valence-corrected chi connectivity index (χ3v) is 5.22. The van der Waals surface area contributed by atoms with Gasteiger partial charge in [0.2, 0.25) is 0 Å². The zero-order valence-electron chi connectivity index (χ0n) is 15.6. The summed E-state index contributed by atoms with van der Waals surface area (Å²) < 4.78 is 21.7. The summed E-state index contributed by atoms with van der Waals surface area (Å²) in [6.07, 6.45) is 5.77. The first-order valence-electron chi connectivity index (χ1n) is 9.45. The van der Waals surface area contributed by atoms with Crippen LogP contribution in [0.25, 0.3) is 17.1 Å². The molecule has 0 fully saturated rings. The molecule has 30 heavy (non-hydrogen) atoms. The van der Waals surface area contributed by atoms with E-state index in [2.05, 4.69) is 30.2 Å². The second-order valence-corrected chi connectivity index (χ2v) is 6.97. The first kappa shape index (κ1) is 16.8. The lowest BCUT2D eigenvalue weighted by atomic mass is 10.0. The largest absolute Gasteiger partial charge is 0.402 e. The lowest BCUT2D eigenvalue weighted by Crippen LogP contribution is -2.36. The molecule has 148 valence electrons. The molecule has 6 rings (SSSR count). The fraction of sp³-hybridized carbons (Fsp3) is 0.150. The van der Waals surface area contributed by atoms with Crippen molar-refractivity contribution in [3.05, 3.63) is 78.0 Å². The monoisotopic (exact) mass is 402 g/mol. The molecule has 9 nitrogen and oxygen atoms in total. The van der Waals surface area contributed by atoms with Gasteiger partial charge in [-0.1, -0.05) is 11.2 Å². The Morgan fingerprint density at radius 2 is 2.10 bits per heavy atom. The summed E-state index contributed by atoms with van der Waals surface area (Å²) in [6, 6.07) is 10.2. The van der Waals surface area contributed by atoms with Crippen LogP contribution in [-0.2, 0) is 6.42 Å². The predicted molar refractivity (Wildman–Crippen MR) is 104 cm³/mol. The summed E-state index contributed by atoms with van der Waals surface area (Å²) in [6.45, 7) is 0.611. The van der Waals surface area contributed by atoms with Crippen LogP contribution in [0.2, 0.25) is 0 Å². The van der Waals surface area contributed by atoms with Crippen LogP contribution >= 0.6 is 0 Å². The number of pyridine rings is 2. The Morgan fingerprint density at radius 1 is 1.13 bits per heavy atom. The van der Waals surface area contributed by atoms with Crippen LogP contribution in [0.15, 0.2) is 59.5 Å². The van der Waals surface area contributed by atoms with Gasteiger partial charge in [0.05, 0.1) is 17.7 Å². The van der Waals surface area contributed by atoms with Crippen LogP contribution in [-0.4, -0.2) is 41.3 Å². The number of rotatable bonds is 3. The van der Waals surface area contributed by atoms with Gasteiger partial charge in [0.25, 0.3) is 5.89 Å². The highest BCUT2D eigenvalue weighted by Gasteiger charge is 2.36. The molecule has 1 N–H and O–H groups in total. The molecule has 5 aromatic rings. The van der Waals surface area contributed by atoms with E-state index in [0.29, 0.717) is 35.4 Å².